The molecule has 4 rings (SSSR count). The van der Waals surface area contributed by atoms with Gasteiger partial charge >= 0.3 is 17.1 Å². The summed E-state index contributed by atoms with van der Waals surface area (Å²) in [6, 6.07) is 11.5. The summed E-state index contributed by atoms with van der Waals surface area (Å²) in [5, 5.41) is 21.1. The van der Waals surface area contributed by atoms with E-state index in [1.165, 1.54) is 0 Å². The Kier molecular flexibility index (Phi) is 9.41. The summed E-state index contributed by atoms with van der Waals surface area (Å²) in [6.07, 6.45) is 4.12. The summed E-state index contributed by atoms with van der Waals surface area (Å²) in [5.74, 6) is -0.253. The molecule has 2 saturated heterocycles. The molecule has 4 heterocycles. The first-order valence-electron chi connectivity index (χ1n) is 8.90. The van der Waals surface area contributed by atoms with E-state index < -0.39 is 6.10 Å². The minimum Gasteiger partial charge on any atom is -1.00 e. The molecule has 1 radical (unpaired) electrons. The number of hydrogen-bond acceptors (Lipinski definition) is 6. The van der Waals surface area contributed by atoms with Crippen LogP contribution in [0.25, 0.3) is 0 Å². The zero-order valence-corrected chi connectivity index (χ0v) is 18.8. The van der Waals surface area contributed by atoms with Crippen LogP contribution in [0.4, 0.5) is 0 Å². The Balaban J connectivity index is 0.00000140. The molecule has 0 aromatic carbocycles. The number of piperidine rings is 2. The van der Waals surface area contributed by atoms with Gasteiger partial charge < -0.3 is 39.9 Å². The van der Waals surface area contributed by atoms with Gasteiger partial charge in [0.05, 0.1) is 41.5 Å². The van der Waals surface area contributed by atoms with E-state index in [2.05, 4.69) is 21.9 Å². The van der Waals surface area contributed by atoms with Gasteiger partial charge in [0.2, 0.25) is 0 Å². The van der Waals surface area contributed by atoms with E-state index in [0.717, 1.165) is 23.3 Å². The Morgan fingerprint density at radius 1 is 0.966 bits per heavy atom. The van der Waals surface area contributed by atoms with Crippen LogP contribution in [0.3, 0.4) is 0 Å². The molecule has 0 saturated carbocycles. The van der Waals surface area contributed by atoms with Crippen LogP contribution in [0.1, 0.15) is 23.5 Å². The van der Waals surface area contributed by atoms with E-state index in [1.807, 2.05) is 48.3 Å². The van der Waals surface area contributed by atoms with Crippen molar-refractivity contribution in [2.24, 2.45) is 11.8 Å². The molecule has 0 amide bonds. The minimum atomic E-state index is -0.584. The van der Waals surface area contributed by atoms with Gasteiger partial charge in [-0.2, -0.15) is 0 Å². The van der Waals surface area contributed by atoms with Gasteiger partial charge in [0, 0.05) is 37.8 Å². The van der Waals surface area contributed by atoms with Crippen LogP contribution in [0.15, 0.2) is 60.8 Å². The Labute approximate surface area is 194 Å². The fourth-order valence-electron chi connectivity index (χ4n) is 4.70. The number of halogens is 2. The van der Waals surface area contributed by atoms with Gasteiger partial charge in [-0.15, -0.1) is 0 Å². The van der Waals surface area contributed by atoms with Gasteiger partial charge in [-0.05, 0) is 31.3 Å². The average molecular weight is 478 g/mol. The van der Waals surface area contributed by atoms with Crippen LogP contribution >= 0.6 is 0 Å². The van der Waals surface area contributed by atoms with E-state index in [9.17, 15) is 10.2 Å². The maximum Gasteiger partial charge on any atom is 2.00 e. The van der Waals surface area contributed by atoms with Crippen LogP contribution in [0, 0.1) is 11.8 Å². The molecule has 2 bridgehead atoms. The summed E-state index contributed by atoms with van der Waals surface area (Å²) < 4.78 is 0. The second-order valence-electron chi connectivity index (χ2n) is 7.18. The van der Waals surface area contributed by atoms with Gasteiger partial charge in [0.25, 0.3) is 0 Å². The molecule has 2 aliphatic heterocycles. The molecule has 2 fully saturated rings. The van der Waals surface area contributed by atoms with Crippen LogP contribution in [0.2, 0.25) is 0 Å². The smallest absolute Gasteiger partial charge is 1.00 e. The number of rotatable bonds is 2. The molecule has 9 heteroatoms. The molecule has 6 nitrogen and oxygen atoms in total. The van der Waals surface area contributed by atoms with Crippen molar-refractivity contribution in [1.29, 1.82) is 0 Å². The maximum absolute atomic E-state index is 11.2. The standard InChI is InChI=1S/C20H24N4O2.2ClH.Mn/c1-23-11-13-18(14-7-3-5-9-21-14)24(2)19(15-8-4-6-10-22-15)17(20(13)26)16(23)12-25;;;/h3-10,12-13,17-20,25-26H,11H2,1-2H3;2*1H;/q;;;+2/p-2. The first kappa shape index (κ1) is 25.7. The quantitative estimate of drug-likeness (QED) is 0.341. The Hall–Kier alpha value is -1.34. The molecule has 2 aromatic rings. The van der Waals surface area contributed by atoms with Crippen LogP contribution in [0.5, 0.6) is 0 Å². The fraction of sp³-hybridized carbons (Fsp3) is 0.400. The predicted molar refractivity (Wildman–Crippen MR) is 98.0 cm³/mol. The van der Waals surface area contributed by atoms with Gasteiger partial charge in [0.1, 0.15) is 0 Å². The topological polar surface area (TPSA) is 72.7 Å². The first-order chi connectivity index (χ1) is 12.6. The third-order valence-corrected chi connectivity index (χ3v) is 5.81. The predicted octanol–water partition coefficient (Wildman–Crippen LogP) is -3.85. The van der Waals surface area contributed by atoms with Gasteiger partial charge in [-0.1, -0.05) is 12.1 Å². The molecule has 29 heavy (non-hydrogen) atoms. The van der Waals surface area contributed by atoms with Crippen molar-refractivity contribution in [2.45, 2.75) is 18.2 Å². The van der Waals surface area contributed by atoms with Crippen molar-refractivity contribution in [3.05, 3.63) is 72.1 Å². The van der Waals surface area contributed by atoms with E-state index in [0.29, 0.717) is 6.54 Å². The number of aromatic nitrogens is 2. The van der Waals surface area contributed by atoms with Gasteiger partial charge in [-0.25, -0.2) is 0 Å². The second-order valence-corrected chi connectivity index (χ2v) is 7.18. The van der Waals surface area contributed by atoms with Crippen molar-refractivity contribution in [3.63, 3.8) is 0 Å². The summed E-state index contributed by atoms with van der Waals surface area (Å²) in [4.78, 5) is 13.4. The summed E-state index contributed by atoms with van der Waals surface area (Å²) in [7, 11) is 4.02. The van der Waals surface area contributed by atoms with Gasteiger partial charge in [0.15, 0.2) is 0 Å². The van der Waals surface area contributed by atoms with Crippen molar-refractivity contribution >= 4 is 0 Å². The van der Waals surface area contributed by atoms with E-state index in [4.69, 9.17) is 0 Å². The number of likely N-dealkylation sites (tertiary alicyclic amines) is 2. The van der Waals surface area contributed by atoms with E-state index in [1.54, 1.807) is 12.4 Å². The third kappa shape index (κ3) is 4.41. The molecule has 0 aliphatic carbocycles. The van der Waals surface area contributed by atoms with Crippen LogP contribution in [-0.2, 0) is 17.1 Å². The number of hydrogen-bond donors (Lipinski definition) is 2. The average Bonchev–Trinajstić information content (AvgIpc) is 2.66. The Morgan fingerprint density at radius 3 is 2.00 bits per heavy atom. The molecule has 0 spiro atoms. The minimum absolute atomic E-state index is 0. The summed E-state index contributed by atoms with van der Waals surface area (Å²) >= 11 is 0. The van der Waals surface area contributed by atoms with Crippen LogP contribution < -0.4 is 24.8 Å². The first-order valence-corrected chi connectivity index (χ1v) is 8.90. The van der Waals surface area contributed by atoms with Crippen LogP contribution in [-0.4, -0.2) is 56.7 Å². The normalized spacial score (nSPS) is 30.0. The maximum atomic E-state index is 11.2. The molecule has 2 N–H and O–H groups in total. The number of pyridine rings is 2. The Bertz CT molecular complexity index is 800. The number of fused-ring (bicyclic) bond motifs is 2. The zero-order chi connectivity index (χ0) is 18.3. The fourth-order valence-corrected chi connectivity index (χ4v) is 4.70. The van der Waals surface area contributed by atoms with Crippen molar-refractivity contribution in [1.82, 2.24) is 19.8 Å². The third-order valence-electron chi connectivity index (χ3n) is 5.81. The molecular formula is C20H24Cl2MnN4O2. The van der Waals surface area contributed by atoms with E-state index in [-0.39, 0.29) is 65.8 Å². The van der Waals surface area contributed by atoms with Gasteiger partial charge in [-0.3, -0.25) is 14.9 Å². The second kappa shape index (κ2) is 10.6. The SMILES string of the molecule is CN1CC2C(O)C(C1=CO)C(c1ccccn1)N(C)C2c1ccccn1.[Cl-].[Cl-].[Mn+2]. The molecule has 5 atom stereocenters. The summed E-state index contributed by atoms with van der Waals surface area (Å²) in [5.41, 5.74) is 2.58. The zero-order valence-electron chi connectivity index (χ0n) is 16.1. The van der Waals surface area contributed by atoms with E-state index >= 15 is 0 Å². The largest absolute Gasteiger partial charge is 2.00 e. The molecule has 5 unspecified atom stereocenters. The summed E-state index contributed by atoms with van der Waals surface area (Å²) in [6.45, 7) is 0.657. The van der Waals surface area contributed by atoms with Crippen molar-refractivity contribution in [3.8, 4) is 0 Å². The Morgan fingerprint density at radius 2 is 1.52 bits per heavy atom. The molecular weight excluding hydrogens is 454 g/mol. The number of aliphatic hydroxyl groups is 2. The molecule has 2 aliphatic rings. The molecule has 2 aromatic heterocycles. The number of nitrogens with zero attached hydrogens (tertiary/aromatic N) is 4. The molecule has 157 valence electrons. The monoisotopic (exact) mass is 477 g/mol. The van der Waals surface area contributed by atoms with Crippen molar-refractivity contribution in [2.75, 3.05) is 20.6 Å². The number of aliphatic hydroxyl groups excluding tert-OH is 2. The van der Waals surface area contributed by atoms with Crippen molar-refractivity contribution < 1.29 is 52.1 Å².